The summed E-state index contributed by atoms with van der Waals surface area (Å²) < 4.78 is 10.8. The number of esters is 1. The second kappa shape index (κ2) is 8.34. The predicted octanol–water partition coefficient (Wildman–Crippen LogP) is 4.77. The monoisotopic (exact) mass is 367 g/mol. The van der Waals surface area contributed by atoms with Crippen molar-refractivity contribution in [3.8, 4) is 0 Å². The lowest BCUT2D eigenvalue weighted by molar-refractivity contribution is 0.0466. The SMILES string of the molecule is COCc1nc2ccccc2c(C)c1C(=O)OCc1ccc(SC)cc1. The van der Waals surface area contributed by atoms with E-state index >= 15 is 0 Å². The first-order valence-corrected chi connectivity index (χ1v) is 9.53. The number of fused-ring (bicyclic) bond motifs is 1. The minimum Gasteiger partial charge on any atom is -0.457 e. The van der Waals surface area contributed by atoms with Crippen molar-refractivity contribution in [1.82, 2.24) is 4.98 Å². The molecule has 1 heterocycles. The van der Waals surface area contributed by atoms with Gasteiger partial charge in [0.15, 0.2) is 0 Å². The lowest BCUT2D eigenvalue weighted by Gasteiger charge is -2.14. The van der Waals surface area contributed by atoms with Crippen LogP contribution >= 0.6 is 11.8 Å². The molecule has 0 amide bonds. The van der Waals surface area contributed by atoms with Crippen LogP contribution in [0.5, 0.6) is 0 Å². The molecule has 0 saturated heterocycles. The second-order valence-electron chi connectivity index (χ2n) is 5.93. The first kappa shape index (κ1) is 18.4. The average Bonchev–Trinajstić information content (AvgIpc) is 2.67. The third-order valence-corrected chi connectivity index (χ3v) is 4.98. The second-order valence-corrected chi connectivity index (χ2v) is 6.81. The number of aromatic nitrogens is 1. The van der Waals surface area contributed by atoms with E-state index in [1.165, 1.54) is 4.90 Å². The van der Waals surface area contributed by atoms with Crippen LogP contribution in [0.4, 0.5) is 0 Å². The van der Waals surface area contributed by atoms with Gasteiger partial charge in [0.05, 0.1) is 23.4 Å². The molecule has 0 radical (unpaired) electrons. The zero-order valence-corrected chi connectivity index (χ0v) is 15.9. The molecule has 0 spiro atoms. The van der Waals surface area contributed by atoms with Crippen LogP contribution in [0.2, 0.25) is 0 Å². The molecule has 0 atom stereocenters. The van der Waals surface area contributed by atoms with Crippen LogP contribution in [0.3, 0.4) is 0 Å². The number of aryl methyl sites for hydroxylation is 1. The summed E-state index contributed by atoms with van der Waals surface area (Å²) in [5.74, 6) is -0.373. The summed E-state index contributed by atoms with van der Waals surface area (Å²) >= 11 is 1.68. The Balaban J connectivity index is 1.88. The number of carbonyl (C=O) groups excluding carboxylic acids is 1. The molecule has 4 nitrogen and oxygen atoms in total. The summed E-state index contributed by atoms with van der Waals surface area (Å²) in [5.41, 5.74) is 3.76. The van der Waals surface area contributed by atoms with E-state index in [9.17, 15) is 4.79 Å². The summed E-state index contributed by atoms with van der Waals surface area (Å²) in [4.78, 5) is 18.6. The molecule has 3 aromatic rings. The predicted molar refractivity (Wildman–Crippen MR) is 105 cm³/mol. The van der Waals surface area contributed by atoms with Gasteiger partial charge in [0.2, 0.25) is 0 Å². The van der Waals surface area contributed by atoms with Crippen molar-refractivity contribution >= 4 is 28.6 Å². The number of pyridine rings is 1. The summed E-state index contributed by atoms with van der Waals surface area (Å²) in [7, 11) is 1.59. The first-order chi connectivity index (χ1) is 12.6. The Kier molecular flexibility index (Phi) is 5.91. The van der Waals surface area contributed by atoms with Crippen LogP contribution in [0, 0.1) is 6.92 Å². The van der Waals surface area contributed by atoms with Crippen LogP contribution in [-0.2, 0) is 22.7 Å². The summed E-state index contributed by atoms with van der Waals surface area (Å²) in [5, 5.41) is 0.948. The Labute approximate surface area is 157 Å². The third-order valence-electron chi connectivity index (χ3n) is 4.24. The molecule has 0 aliphatic rings. The third kappa shape index (κ3) is 3.89. The van der Waals surface area contributed by atoms with Crippen molar-refractivity contribution in [2.24, 2.45) is 0 Å². The van der Waals surface area contributed by atoms with Crippen LogP contribution in [-0.4, -0.2) is 24.3 Å². The first-order valence-electron chi connectivity index (χ1n) is 8.31. The Hall–Kier alpha value is -2.37. The Morgan fingerprint density at radius 3 is 2.50 bits per heavy atom. The van der Waals surface area contributed by atoms with Crippen molar-refractivity contribution in [3.63, 3.8) is 0 Å². The smallest absolute Gasteiger partial charge is 0.340 e. The van der Waals surface area contributed by atoms with Crippen molar-refractivity contribution in [2.75, 3.05) is 13.4 Å². The van der Waals surface area contributed by atoms with Crippen molar-refractivity contribution in [2.45, 2.75) is 25.0 Å². The maximum Gasteiger partial charge on any atom is 0.340 e. The van der Waals surface area contributed by atoms with E-state index in [4.69, 9.17) is 9.47 Å². The molecule has 0 saturated carbocycles. The molecule has 3 rings (SSSR count). The number of nitrogens with zero attached hydrogens (tertiary/aromatic N) is 1. The lowest BCUT2D eigenvalue weighted by atomic mass is 10.0. The van der Waals surface area contributed by atoms with Gasteiger partial charge in [-0.2, -0.15) is 0 Å². The molecular formula is C21H21NO3S. The van der Waals surface area contributed by atoms with E-state index in [2.05, 4.69) is 4.98 Å². The zero-order valence-electron chi connectivity index (χ0n) is 15.1. The maximum atomic E-state index is 12.8. The molecule has 0 bridgehead atoms. The van der Waals surface area contributed by atoms with E-state index in [1.54, 1.807) is 18.9 Å². The number of hydrogen-bond acceptors (Lipinski definition) is 5. The summed E-state index contributed by atoms with van der Waals surface area (Å²) in [6, 6.07) is 15.8. The van der Waals surface area contributed by atoms with Gasteiger partial charge >= 0.3 is 5.97 Å². The Bertz CT molecular complexity index is 922. The molecule has 0 aliphatic carbocycles. The largest absolute Gasteiger partial charge is 0.457 e. The van der Waals surface area contributed by atoms with E-state index in [0.29, 0.717) is 11.3 Å². The van der Waals surface area contributed by atoms with Gasteiger partial charge in [0, 0.05) is 17.4 Å². The van der Waals surface area contributed by atoms with Gasteiger partial charge in [-0.15, -0.1) is 11.8 Å². The van der Waals surface area contributed by atoms with Crippen LogP contribution in [0.1, 0.15) is 27.2 Å². The summed E-state index contributed by atoms with van der Waals surface area (Å²) in [6.45, 7) is 2.41. The van der Waals surface area contributed by atoms with Gasteiger partial charge < -0.3 is 9.47 Å². The van der Waals surface area contributed by atoms with Crippen molar-refractivity contribution < 1.29 is 14.3 Å². The number of thioether (sulfide) groups is 1. The number of hydrogen-bond donors (Lipinski definition) is 0. The minimum absolute atomic E-state index is 0.228. The van der Waals surface area contributed by atoms with Crippen LogP contribution in [0.25, 0.3) is 10.9 Å². The minimum atomic E-state index is -0.373. The van der Waals surface area contributed by atoms with E-state index in [0.717, 1.165) is 22.0 Å². The molecule has 1 aromatic heterocycles. The molecule has 5 heteroatoms. The number of methoxy groups -OCH3 is 1. The van der Waals surface area contributed by atoms with Gasteiger partial charge in [-0.25, -0.2) is 9.78 Å². The number of para-hydroxylation sites is 1. The molecule has 0 unspecified atom stereocenters. The van der Waals surface area contributed by atoms with E-state index in [-0.39, 0.29) is 19.2 Å². The average molecular weight is 367 g/mol. The molecule has 0 aliphatic heterocycles. The fourth-order valence-corrected chi connectivity index (χ4v) is 3.30. The molecule has 134 valence electrons. The van der Waals surface area contributed by atoms with Gasteiger partial charge in [0.25, 0.3) is 0 Å². The topological polar surface area (TPSA) is 48.4 Å². The maximum absolute atomic E-state index is 12.8. The van der Waals surface area contributed by atoms with Crippen LogP contribution < -0.4 is 0 Å². The quantitative estimate of drug-likeness (QED) is 0.464. The Morgan fingerprint density at radius 1 is 1.08 bits per heavy atom. The van der Waals surface area contributed by atoms with Crippen molar-refractivity contribution in [3.05, 3.63) is 70.9 Å². The normalized spacial score (nSPS) is 10.9. The molecule has 0 fully saturated rings. The highest BCUT2D eigenvalue weighted by molar-refractivity contribution is 7.98. The summed E-state index contributed by atoms with van der Waals surface area (Å²) in [6.07, 6.45) is 2.03. The van der Waals surface area contributed by atoms with Gasteiger partial charge in [0.1, 0.15) is 6.61 Å². The highest BCUT2D eigenvalue weighted by Crippen LogP contribution is 2.24. The number of rotatable bonds is 6. The van der Waals surface area contributed by atoms with E-state index in [1.807, 2.05) is 61.7 Å². The van der Waals surface area contributed by atoms with Crippen molar-refractivity contribution in [1.29, 1.82) is 0 Å². The van der Waals surface area contributed by atoms with Gasteiger partial charge in [-0.3, -0.25) is 0 Å². The van der Waals surface area contributed by atoms with Gasteiger partial charge in [-0.1, -0.05) is 30.3 Å². The number of benzene rings is 2. The lowest BCUT2D eigenvalue weighted by Crippen LogP contribution is -2.13. The molecule has 0 N–H and O–H groups in total. The molecular weight excluding hydrogens is 346 g/mol. The van der Waals surface area contributed by atoms with E-state index < -0.39 is 0 Å². The number of ether oxygens (including phenoxy) is 2. The molecule has 2 aromatic carbocycles. The fraction of sp³-hybridized carbons (Fsp3) is 0.238. The van der Waals surface area contributed by atoms with Crippen LogP contribution in [0.15, 0.2) is 53.4 Å². The number of carbonyl (C=O) groups is 1. The molecule has 26 heavy (non-hydrogen) atoms. The standard InChI is InChI=1S/C21H21NO3S/c1-14-17-6-4-5-7-18(17)22-19(13-24-2)20(14)21(23)25-12-15-8-10-16(26-3)11-9-15/h4-11H,12-13H2,1-3H3. The highest BCUT2D eigenvalue weighted by Gasteiger charge is 2.20. The fourth-order valence-electron chi connectivity index (χ4n) is 2.90. The van der Waals surface area contributed by atoms with Gasteiger partial charge in [-0.05, 0) is 42.5 Å². The zero-order chi connectivity index (χ0) is 18.5. The Morgan fingerprint density at radius 2 is 1.81 bits per heavy atom. The highest BCUT2D eigenvalue weighted by atomic mass is 32.2.